The van der Waals surface area contributed by atoms with E-state index in [1.807, 2.05) is 29.0 Å². The van der Waals surface area contributed by atoms with E-state index in [1.54, 1.807) is 13.2 Å². The molecule has 1 aliphatic heterocycles. The number of amides is 1. The van der Waals surface area contributed by atoms with Crippen LogP contribution in [0.5, 0.6) is 5.75 Å². The molecule has 6 heteroatoms. The minimum absolute atomic E-state index is 0.127. The molecule has 1 heterocycles. The molecule has 2 rings (SSSR count). The van der Waals surface area contributed by atoms with Crippen LogP contribution in [-0.4, -0.2) is 62.7 Å². The molecule has 1 fully saturated rings. The SMILES string of the molecule is COc1ccc(Cl)cc1CN(C)CC(=O)N1CCOCC1. The number of halogens is 1. The van der Waals surface area contributed by atoms with Gasteiger partial charge in [0.15, 0.2) is 0 Å². The van der Waals surface area contributed by atoms with Crippen LogP contribution in [0.3, 0.4) is 0 Å². The molecule has 0 N–H and O–H groups in total. The Hall–Kier alpha value is -1.30. The first kappa shape index (κ1) is 16.1. The number of rotatable bonds is 5. The van der Waals surface area contributed by atoms with Crippen molar-refractivity contribution in [3.63, 3.8) is 0 Å². The van der Waals surface area contributed by atoms with Gasteiger partial charge in [-0.25, -0.2) is 0 Å². The summed E-state index contributed by atoms with van der Waals surface area (Å²) in [4.78, 5) is 16.0. The number of morpholine rings is 1. The zero-order valence-corrected chi connectivity index (χ0v) is 13.2. The van der Waals surface area contributed by atoms with Crippen LogP contribution in [0, 0.1) is 0 Å². The summed E-state index contributed by atoms with van der Waals surface area (Å²) in [6.07, 6.45) is 0. The molecule has 0 unspecified atom stereocenters. The molecule has 21 heavy (non-hydrogen) atoms. The molecule has 5 nitrogen and oxygen atoms in total. The van der Waals surface area contributed by atoms with Crippen LogP contribution < -0.4 is 4.74 Å². The average Bonchev–Trinajstić information content (AvgIpc) is 2.48. The lowest BCUT2D eigenvalue weighted by molar-refractivity contribution is -0.136. The first-order valence-electron chi connectivity index (χ1n) is 6.96. The lowest BCUT2D eigenvalue weighted by atomic mass is 10.2. The van der Waals surface area contributed by atoms with Gasteiger partial charge >= 0.3 is 0 Å². The molecular formula is C15H21ClN2O3. The number of likely N-dealkylation sites (N-methyl/N-ethyl adjacent to an activating group) is 1. The van der Waals surface area contributed by atoms with Gasteiger partial charge in [0.25, 0.3) is 0 Å². The summed E-state index contributed by atoms with van der Waals surface area (Å²) in [5.74, 6) is 0.909. The van der Waals surface area contributed by atoms with E-state index in [4.69, 9.17) is 21.1 Å². The highest BCUT2D eigenvalue weighted by molar-refractivity contribution is 6.30. The molecule has 0 spiro atoms. The van der Waals surface area contributed by atoms with Crippen molar-refractivity contribution in [3.05, 3.63) is 28.8 Å². The normalized spacial score (nSPS) is 15.3. The fourth-order valence-electron chi connectivity index (χ4n) is 2.36. The van der Waals surface area contributed by atoms with Crippen molar-refractivity contribution in [2.24, 2.45) is 0 Å². The van der Waals surface area contributed by atoms with Crippen LogP contribution in [-0.2, 0) is 16.1 Å². The van der Waals surface area contributed by atoms with Gasteiger partial charge in [-0.2, -0.15) is 0 Å². The van der Waals surface area contributed by atoms with Crippen LogP contribution in [0.15, 0.2) is 18.2 Å². The fraction of sp³-hybridized carbons (Fsp3) is 0.533. The van der Waals surface area contributed by atoms with Crippen molar-refractivity contribution in [1.29, 1.82) is 0 Å². The zero-order chi connectivity index (χ0) is 15.2. The summed E-state index contributed by atoms with van der Waals surface area (Å²) in [7, 11) is 3.55. The molecule has 0 aromatic heterocycles. The maximum absolute atomic E-state index is 12.2. The molecule has 0 atom stereocenters. The Morgan fingerprint density at radius 2 is 2.14 bits per heavy atom. The molecule has 0 radical (unpaired) electrons. The van der Waals surface area contributed by atoms with Crippen LogP contribution in [0.2, 0.25) is 5.02 Å². The standard InChI is InChI=1S/C15H21ClN2O3/c1-17(11-15(19)18-5-7-21-8-6-18)10-12-9-13(16)3-4-14(12)20-2/h3-4,9H,5-8,10-11H2,1-2H3. The molecule has 0 bridgehead atoms. The van der Waals surface area contributed by atoms with Gasteiger partial charge in [0.05, 0.1) is 26.9 Å². The third-order valence-electron chi connectivity index (χ3n) is 3.45. The molecule has 1 aromatic carbocycles. The smallest absolute Gasteiger partial charge is 0.236 e. The summed E-state index contributed by atoms with van der Waals surface area (Å²) in [5.41, 5.74) is 0.974. The van der Waals surface area contributed by atoms with Gasteiger partial charge in [0.2, 0.25) is 5.91 Å². The fourth-order valence-corrected chi connectivity index (χ4v) is 2.56. The van der Waals surface area contributed by atoms with Gasteiger partial charge < -0.3 is 14.4 Å². The summed E-state index contributed by atoms with van der Waals surface area (Å²) in [5, 5.41) is 0.665. The second kappa shape index (κ2) is 7.64. The highest BCUT2D eigenvalue weighted by Gasteiger charge is 2.18. The quantitative estimate of drug-likeness (QED) is 0.829. The Labute approximate surface area is 130 Å². The molecule has 0 saturated carbocycles. The molecule has 1 amide bonds. The van der Waals surface area contributed by atoms with E-state index in [-0.39, 0.29) is 5.91 Å². The van der Waals surface area contributed by atoms with Gasteiger partial charge in [-0.3, -0.25) is 9.69 Å². The summed E-state index contributed by atoms with van der Waals surface area (Å²) in [6.45, 7) is 3.57. The van der Waals surface area contributed by atoms with Crippen molar-refractivity contribution < 1.29 is 14.3 Å². The van der Waals surface area contributed by atoms with Crippen LogP contribution in [0.4, 0.5) is 0 Å². The first-order chi connectivity index (χ1) is 10.1. The third kappa shape index (κ3) is 4.59. The minimum Gasteiger partial charge on any atom is -0.496 e. The van der Waals surface area contributed by atoms with E-state index in [2.05, 4.69) is 0 Å². The van der Waals surface area contributed by atoms with Crippen LogP contribution in [0.1, 0.15) is 5.56 Å². The number of ether oxygens (including phenoxy) is 2. The maximum atomic E-state index is 12.2. The van der Waals surface area contributed by atoms with Crippen molar-refractivity contribution in [2.45, 2.75) is 6.54 Å². The highest BCUT2D eigenvalue weighted by Crippen LogP contribution is 2.23. The highest BCUT2D eigenvalue weighted by atomic mass is 35.5. The van der Waals surface area contributed by atoms with E-state index in [1.165, 1.54) is 0 Å². The second-order valence-corrected chi connectivity index (χ2v) is 5.56. The molecule has 116 valence electrons. The number of hydrogen-bond donors (Lipinski definition) is 0. The summed E-state index contributed by atoms with van der Waals surface area (Å²) >= 11 is 6.02. The first-order valence-corrected chi connectivity index (χ1v) is 7.34. The average molecular weight is 313 g/mol. The van der Waals surface area contributed by atoms with E-state index >= 15 is 0 Å². The van der Waals surface area contributed by atoms with E-state index in [9.17, 15) is 4.79 Å². The second-order valence-electron chi connectivity index (χ2n) is 5.12. The van der Waals surface area contributed by atoms with Gasteiger partial charge in [-0.1, -0.05) is 11.6 Å². The minimum atomic E-state index is 0.127. The van der Waals surface area contributed by atoms with Gasteiger partial charge in [-0.15, -0.1) is 0 Å². The van der Waals surface area contributed by atoms with Crippen LogP contribution >= 0.6 is 11.6 Å². The molecule has 0 aliphatic carbocycles. The van der Waals surface area contributed by atoms with Gasteiger partial charge in [0.1, 0.15) is 5.75 Å². The number of methoxy groups -OCH3 is 1. The molecule has 1 aliphatic rings. The topological polar surface area (TPSA) is 42.0 Å². The van der Waals surface area contributed by atoms with Crippen molar-refractivity contribution in [2.75, 3.05) is 47.0 Å². The van der Waals surface area contributed by atoms with E-state index < -0.39 is 0 Å². The van der Waals surface area contributed by atoms with Crippen molar-refractivity contribution in [1.82, 2.24) is 9.80 Å². The zero-order valence-electron chi connectivity index (χ0n) is 12.5. The Morgan fingerprint density at radius 3 is 2.81 bits per heavy atom. The maximum Gasteiger partial charge on any atom is 0.236 e. The lowest BCUT2D eigenvalue weighted by Crippen LogP contribution is -2.44. The number of nitrogens with zero attached hydrogens (tertiary/aromatic N) is 2. The Morgan fingerprint density at radius 1 is 1.43 bits per heavy atom. The Balaban J connectivity index is 1.93. The molecule has 1 saturated heterocycles. The number of hydrogen-bond acceptors (Lipinski definition) is 4. The number of carbonyl (C=O) groups is 1. The Bertz CT molecular complexity index is 490. The summed E-state index contributed by atoms with van der Waals surface area (Å²) in [6, 6.07) is 5.51. The predicted octanol–water partition coefficient (Wildman–Crippen LogP) is 1.64. The lowest BCUT2D eigenvalue weighted by Gasteiger charge is -2.28. The number of carbonyl (C=O) groups excluding carboxylic acids is 1. The van der Waals surface area contributed by atoms with E-state index in [0.29, 0.717) is 44.4 Å². The van der Waals surface area contributed by atoms with E-state index in [0.717, 1.165) is 11.3 Å². The van der Waals surface area contributed by atoms with Crippen LogP contribution in [0.25, 0.3) is 0 Å². The van der Waals surface area contributed by atoms with Crippen molar-refractivity contribution >= 4 is 17.5 Å². The van der Waals surface area contributed by atoms with Gasteiger partial charge in [-0.05, 0) is 25.2 Å². The van der Waals surface area contributed by atoms with Gasteiger partial charge in [0, 0.05) is 30.2 Å². The number of benzene rings is 1. The summed E-state index contributed by atoms with van der Waals surface area (Å²) < 4.78 is 10.6. The predicted molar refractivity (Wildman–Crippen MR) is 81.7 cm³/mol. The largest absolute Gasteiger partial charge is 0.496 e. The molecular weight excluding hydrogens is 292 g/mol. The van der Waals surface area contributed by atoms with Crippen molar-refractivity contribution in [3.8, 4) is 5.75 Å². The molecule has 1 aromatic rings. The Kier molecular flexibility index (Phi) is 5.85. The monoisotopic (exact) mass is 312 g/mol. The third-order valence-corrected chi connectivity index (χ3v) is 3.69.